The van der Waals surface area contributed by atoms with E-state index >= 15 is 0 Å². The van der Waals surface area contributed by atoms with Crippen LogP contribution in [0.4, 0.5) is 8.78 Å². The van der Waals surface area contributed by atoms with E-state index in [0.717, 1.165) is 17.7 Å². The maximum atomic E-state index is 12.8. The first kappa shape index (κ1) is 12.8. The molecule has 1 heterocycles. The number of fused-ring (bicyclic) bond motifs is 1. The van der Waals surface area contributed by atoms with Gasteiger partial charge in [-0.2, -0.15) is 0 Å². The van der Waals surface area contributed by atoms with Crippen molar-refractivity contribution in [3.05, 3.63) is 29.3 Å². The molecule has 0 radical (unpaired) electrons. The van der Waals surface area contributed by atoms with Crippen molar-refractivity contribution in [1.29, 1.82) is 0 Å². The molecule has 0 bridgehead atoms. The molecule has 0 spiro atoms. The third-order valence-electron chi connectivity index (χ3n) is 2.98. The summed E-state index contributed by atoms with van der Waals surface area (Å²) in [6.45, 7) is 2.44. The normalized spacial score (nSPS) is 16.2. The lowest BCUT2D eigenvalue weighted by molar-refractivity contribution is 0.0990. The van der Waals surface area contributed by atoms with Crippen LogP contribution in [0, 0.1) is 0 Å². The molecular weight excluding hydrogens is 240 g/mol. The molecule has 1 aliphatic rings. The Morgan fingerprint density at radius 3 is 2.94 bits per heavy atom. The molecule has 0 fully saturated rings. The molecule has 1 nitrogen and oxygen atoms in total. The molecular formula is C13H17F2NS. The van der Waals surface area contributed by atoms with Gasteiger partial charge in [-0.1, -0.05) is 19.1 Å². The Morgan fingerprint density at radius 2 is 2.24 bits per heavy atom. The van der Waals surface area contributed by atoms with Gasteiger partial charge >= 0.3 is 0 Å². The summed E-state index contributed by atoms with van der Waals surface area (Å²) >= 11 is 1.85. The highest BCUT2D eigenvalue weighted by atomic mass is 32.2. The summed E-state index contributed by atoms with van der Waals surface area (Å²) in [6, 6.07) is 5.40. The molecule has 4 heteroatoms. The minimum Gasteiger partial charge on any atom is -0.309 e. The fourth-order valence-electron chi connectivity index (χ4n) is 2.13. The van der Waals surface area contributed by atoms with Crippen LogP contribution in [0.25, 0.3) is 0 Å². The third-order valence-corrected chi connectivity index (χ3v) is 4.10. The van der Waals surface area contributed by atoms with Crippen molar-refractivity contribution in [2.45, 2.75) is 37.1 Å². The summed E-state index contributed by atoms with van der Waals surface area (Å²) in [7, 11) is 0. The smallest absolute Gasteiger partial charge is 0.254 e. The molecule has 0 saturated heterocycles. The number of alkyl halides is 2. The van der Waals surface area contributed by atoms with Crippen LogP contribution in [0.5, 0.6) is 0 Å². The molecule has 0 aliphatic carbocycles. The summed E-state index contributed by atoms with van der Waals surface area (Å²) < 4.78 is 25.6. The average Bonchev–Trinajstić information content (AvgIpc) is 2.75. The van der Waals surface area contributed by atoms with E-state index in [4.69, 9.17) is 0 Å². The van der Waals surface area contributed by atoms with Gasteiger partial charge in [0.05, 0.1) is 6.04 Å². The highest BCUT2D eigenvalue weighted by molar-refractivity contribution is 7.99. The predicted octanol–water partition coefficient (Wildman–Crippen LogP) is 3.12. The van der Waals surface area contributed by atoms with E-state index < -0.39 is 12.5 Å². The molecule has 1 N–H and O–H groups in total. The van der Waals surface area contributed by atoms with Crippen molar-refractivity contribution < 1.29 is 8.78 Å². The van der Waals surface area contributed by atoms with Crippen molar-refractivity contribution in [3.8, 4) is 0 Å². The van der Waals surface area contributed by atoms with Crippen molar-refractivity contribution >= 4 is 11.8 Å². The summed E-state index contributed by atoms with van der Waals surface area (Å²) in [5.74, 6) is 1.12. The van der Waals surface area contributed by atoms with Gasteiger partial charge in [0.25, 0.3) is 6.43 Å². The van der Waals surface area contributed by atoms with E-state index in [2.05, 4.69) is 17.4 Å². The predicted molar refractivity (Wildman–Crippen MR) is 68.0 cm³/mol. The minimum absolute atomic E-state index is 0.406. The average molecular weight is 257 g/mol. The number of likely N-dealkylation sites (N-methyl/N-ethyl adjacent to an activating group) is 1. The Hall–Kier alpha value is -0.610. The summed E-state index contributed by atoms with van der Waals surface area (Å²) in [5.41, 5.74) is 2.33. The number of hydrogen-bond donors (Lipinski definition) is 1. The molecule has 1 unspecified atom stereocenters. The fourth-order valence-corrected chi connectivity index (χ4v) is 3.19. The van der Waals surface area contributed by atoms with E-state index in [-0.39, 0.29) is 0 Å². The van der Waals surface area contributed by atoms with Crippen molar-refractivity contribution in [2.75, 3.05) is 12.3 Å². The van der Waals surface area contributed by atoms with E-state index in [1.807, 2.05) is 24.8 Å². The van der Waals surface area contributed by atoms with E-state index in [0.29, 0.717) is 13.0 Å². The van der Waals surface area contributed by atoms with Gasteiger partial charge in [-0.05, 0) is 36.6 Å². The van der Waals surface area contributed by atoms with Gasteiger partial charge in [-0.3, -0.25) is 0 Å². The van der Waals surface area contributed by atoms with Crippen molar-refractivity contribution in [1.82, 2.24) is 5.32 Å². The van der Waals surface area contributed by atoms with Crippen LogP contribution in [0.1, 0.15) is 18.1 Å². The first-order chi connectivity index (χ1) is 8.20. The first-order valence-electron chi connectivity index (χ1n) is 5.97. The van der Waals surface area contributed by atoms with Crippen molar-refractivity contribution in [3.63, 3.8) is 0 Å². The molecule has 0 saturated carbocycles. The van der Waals surface area contributed by atoms with Gasteiger partial charge in [0.1, 0.15) is 0 Å². The SMILES string of the molecule is CCNC(Cc1ccc2c(c1)CCS2)C(F)F. The van der Waals surface area contributed by atoms with Gasteiger partial charge < -0.3 is 5.32 Å². The van der Waals surface area contributed by atoms with Gasteiger partial charge in [0.15, 0.2) is 0 Å². The van der Waals surface area contributed by atoms with Crippen LogP contribution in [0.3, 0.4) is 0 Å². The molecule has 17 heavy (non-hydrogen) atoms. The molecule has 1 aromatic carbocycles. The quantitative estimate of drug-likeness (QED) is 0.870. The molecule has 1 aromatic rings. The number of hydrogen-bond acceptors (Lipinski definition) is 2. The lowest BCUT2D eigenvalue weighted by Crippen LogP contribution is -2.37. The molecule has 1 atom stereocenters. The molecule has 94 valence electrons. The Balaban J connectivity index is 2.07. The zero-order chi connectivity index (χ0) is 12.3. The third kappa shape index (κ3) is 3.19. The lowest BCUT2D eigenvalue weighted by Gasteiger charge is -2.17. The van der Waals surface area contributed by atoms with E-state index in [9.17, 15) is 8.78 Å². The standard InChI is InChI=1S/C13H17F2NS/c1-2-16-11(13(14)15)8-9-3-4-12-10(7-9)5-6-17-12/h3-4,7,11,13,16H,2,5-6,8H2,1H3. The maximum Gasteiger partial charge on any atom is 0.254 e. The maximum absolute atomic E-state index is 12.8. The number of benzene rings is 1. The topological polar surface area (TPSA) is 12.0 Å². The van der Waals surface area contributed by atoms with Gasteiger partial charge in [0, 0.05) is 10.6 Å². The van der Waals surface area contributed by atoms with Gasteiger partial charge in [0.2, 0.25) is 0 Å². The first-order valence-corrected chi connectivity index (χ1v) is 6.95. The monoisotopic (exact) mass is 257 g/mol. The second-order valence-electron chi connectivity index (χ2n) is 4.24. The number of aryl methyl sites for hydroxylation is 1. The molecule has 0 amide bonds. The lowest BCUT2D eigenvalue weighted by atomic mass is 10.0. The minimum atomic E-state index is -2.31. The van der Waals surface area contributed by atoms with Crippen LogP contribution < -0.4 is 5.32 Å². The van der Waals surface area contributed by atoms with Crippen LogP contribution in [-0.2, 0) is 12.8 Å². The van der Waals surface area contributed by atoms with Crippen molar-refractivity contribution in [2.24, 2.45) is 0 Å². The van der Waals surface area contributed by atoms with Crippen LogP contribution in [-0.4, -0.2) is 24.8 Å². The Kier molecular flexibility index (Phi) is 4.40. The fraction of sp³-hybridized carbons (Fsp3) is 0.538. The number of halogens is 2. The second kappa shape index (κ2) is 5.83. The zero-order valence-corrected chi connectivity index (χ0v) is 10.7. The van der Waals surface area contributed by atoms with Gasteiger partial charge in [-0.15, -0.1) is 11.8 Å². The Morgan fingerprint density at radius 1 is 1.41 bits per heavy atom. The summed E-state index contributed by atoms with van der Waals surface area (Å²) in [4.78, 5) is 1.31. The van der Waals surface area contributed by atoms with Crippen LogP contribution >= 0.6 is 11.8 Å². The molecule has 0 aromatic heterocycles. The van der Waals surface area contributed by atoms with Crippen LogP contribution in [0.2, 0.25) is 0 Å². The zero-order valence-electron chi connectivity index (χ0n) is 9.88. The number of nitrogens with one attached hydrogen (secondary N) is 1. The highest BCUT2D eigenvalue weighted by Gasteiger charge is 2.20. The van der Waals surface area contributed by atoms with E-state index in [1.54, 1.807) is 0 Å². The molecule has 2 rings (SSSR count). The number of thioether (sulfide) groups is 1. The summed E-state index contributed by atoms with van der Waals surface area (Å²) in [6.07, 6.45) is -0.838. The largest absolute Gasteiger partial charge is 0.309 e. The molecule has 1 aliphatic heterocycles. The highest BCUT2D eigenvalue weighted by Crippen LogP contribution is 2.31. The number of rotatable bonds is 5. The summed E-state index contributed by atoms with van der Waals surface area (Å²) in [5, 5.41) is 2.84. The second-order valence-corrected chi connectivity index (χ2v) is 5.38. The van der Waals surface area contributed by atoms with Gasteiger partial charge in [-0.25, -0.2) is 8.78 Å². The Bertz CT molecular complexity index is 382. The van der Waals surface area contributed by atoms with E-state index in [1.165, 1.54) is 10.5 Å². The Labute approximate surface area is 105 Å². The van der Waals surface area contributed by atoms with Crippen LogP contribution in [0.15, 0.2) is 23.1 Å².